The molecule has 0 radical (unpaired) electrons. The number of anilines is 1. The van der Waals surface area contributed by atoms with Crippen molar-refractivity contribution in [3.8, 4) is 5.75 Å². The van der Waals surface area contributed by atoms with E-state index in [4.69, 9.17) is 4.74 Å². The molecule has 1 aromatic heterocycles. The Kier molecular flexibility index (Phi) is 6.76. The third-order valence-electron chi connectivity index (χ3n) is 4.76. The first-order valence-electron chi connectivity index (χ1n) is 9.43. The lowest BCUT2D eigenvalue weighted by Crippen LogP contribution is -2.36. The van der Waals surface area contributed by atoms with Crippen LogP contribution in [0.3, 0.4) is 0 Å². The first-order chi connectivity index (χ1) is 13.8. The molecule has 1 saturated heterocycles. The maximum atomic E-state index is 13.1. The highest BCUT2D eigenvalue weighted by Gasteiger charge is 2.29. The second kappa shape index (κ2) is 9.10. The molecule has 158 valence electrons. The standard InChI is InChI=1S/C19H26N4O4S2/c1-14-20-12-16(28-14)13-22(2)19(24)21-15-7-8-17(27-3)18(11-15)29(25,26)23-9-5-4-6-10-23/h7-8,11-12H,4-6,9-10,13H2,1-3H3,(H,21,24). The summed E-state index contributed by atoms with van der Waals surface area (Å²) in [6, 6.07) is 4.34. The number of nitrogens with zero attached hydrogens (tertiary/aromatic N) is 3. The first-order valence-corrected chi connectivity index (χ1v) is 11.7. The summed E-state index contributed by atoms with van der Waals surface area (Å²) in [7, 11) is -0.574. The van der Waals surface area contributed by atoms with Crippen LogP contribution >= 0.6 is 11.3 Å². The van der Waals surface area contributed by atoms with Gasteiger partial charge >= 0.3 is 6.03 Å². The van der Waals surface area contributed by atoms with Crippen LogP contribution in [0.5, 0.6) is 5.75 Å². The van der Waals surface area contributed by atoms with E-state index in [0.717, 1.165) is 29.1 Å². The molecule has 1 aliphatic heterocycles. The van der Waals surface area contributed by atoms with E-state index in [1.54, 1.807) is 25.4 Å². The third kappa shape index (κ3) is 5.06. The van der Waals surface area contributed by atoms with E-state index in [1.165, 1.54) is 33.7 Å². The SMILES string of the molecule is COc1ccc(NC(=O)N(C)Cc2cnc(C)s2)cc1S(=O)(=O)N1CCCCC1. The summed E-state index contributed by atoms with van der Waals surface area (Å²) in [4.78, 5) is 19.3. The average Bonchev–Trinajstić information content (AvgIpc) is 3.13. The smallest absolute Gasteiger partial charge is 0.321 e. The Labute approximate surface area is 175 Å². The number of piperidine rings is 1. The Bertz CT molecular complexity index is 968. The van der Waals surface area contributed by atoms with Crippen LogP contribution < -0.4 is 10.1 Å². The number of benzene rings is 1. The average molecular weight is 439 g/mol. The van der Waals surface area contributed by atoms with Crippen LogP contribution in [-0.4, -0.2) is 55.9 Å². The summed E-state index contributed by atoms with van der Waals surface area (Å²) < 4.78 is 33.0. The highest BCUT2D eigenvalue weighted by atomic mass is 32.2. The second-order valence-corrected chi connectivity index (χ2v) is 10.2. The van der Waals surface area contributed by atoms with Crippen molar-refractivity contribution in [1.29, 1.82) is 0 Å². The van der Waals surface area contributed by atoms with Crippen LogP contribution in [-0.2, 0) is 16.6 Å². The van der Waals surface area contributed by atoms with Crippen molar-refractivity contribution < 1.29 is 17.9 Å². The number of carbonyl (C=O) groups is 1. The van der Waals surface area contributed by atoms with Gasteiger partial charge in [0.25, 0.3) is 0 Å². The van der Waals surface area contributed by atoms with Crippen molar-refractivity contribution in [3.05, 3.63) is 34.3 Å². The number of aryl methyl sites for hydroxylation is 1. The van der Waals surface area contributed by atoms with Gasteiger partial charge in [-0.3, -0.25) is 0 Å². The van der Waals surface area contributed by atoms with E-state index in [0.29, 0.717) is 25.3 Å². The summed E-state index contributed by atoms with van der Waals surface area (Å²) in [6.45, 7) is 3.33. The summed E-state index contributed by atoms with van der Waals surface area (Å²) >= 11 is 1.53. The van der Waals surface area contributed by atoms with Gasteiger partial charge in [-0.2, -0.15) is 4.31 Å². The summed E-state index contributed by atoms with van der Waals surface area (Å²) in [5.74, 6) is 0.266. The predicted octanol–water partition coefficient (Wildman–Crippen LogP) is 3.30. The zero-order valence-corrected chi connectivity index (χ0v) is 18.5. The molecule has 2 amide bonds. The van der Waals surface area contributed by atoms with Crippen molar-refractivity contribution in [2.24, 2.45) is 0 Å². The molecule has 2 heterocycles. The van der Waals surface area contributed by atoms with Gasteiger partial charge < -0.3 is 15.0 Å². The van der Waals surface area contributed by atoms with Crippen LogP contribution in [0.15, 0.2) is 29.3 Å². The highest BCUT2D eigenvalue weighted by Crippen LogP contribution is 2.31. The van der Waals surface area contributed by atoms with Crippen LogP contribution in [0, 0.1) is 6.92 Å². The zero-order valence-electron chi connectivity index (χ0n) is 16.8. The molecule has 10 heteroatoms. The number of thiazole rings is 1. The van der Waals surface area contributed by atoms with Crippen molar-refractivity contribution in [1.82, 2.24) is 14.2 Å². The molecule has 1 N–H and O–H groups in total. The predicted molar refractivity (Wildman–Crippen MR) is 113 cm³/mol. The van der Waals surface area contributed by atoms with E-state index in [2.05, 4.69) is 10.3 Å². The monoisotopic (exact) mass is 438 g/mol. The van der Waals surface area contributed by atoms with Crippen molar-refractivity contribution in [2.75, 3.05) is 32.6 Å². The maximum Gasteiger partial charge on any atom is 0.321 e. The Morgan fingerprint density at radius 3 is 2.66 bits per heavy atom. The maximum absolute atomic E-state index is 13.1. The van der Waals surface area contributed by atoms with E-state index in [-0.39, 0.29) is 16.7 Å². The number of urea groups is 1. The Morgan fingerprint density at radius 1 is 1.31 bits per heavy atom. The second-order valence-electron chi connectivity index (χ2n) is 6.96. The molecule has 1 aromatic carbocycles. The zero-order chi connectivity index (χ0) is 21.0. The van der Waals surface area contributed by atoms with Gasteiger partial charge in [0.1, 0.15) is 10.6 Å². The minimum absolute atomic E-state index is 0.0698. The summed E-state index contributed by atoms with van der Waals surface area (Å²) in [6.07, 6.45) is 4.48. The molecule has 0 spiro atoms. The number of amides is 2. The fourth-order valence-corrected chi connectivity index (χ4v) is 5.75. The van der Waals surface area contributed by atoms with Gasteiger partial charge in [-0.15, -0.1) is 11.3 Å². The van der Waals surface area contributed by atoms with Crippen LogP contribution in [0.2, 0.25) is 0 Å². The number of hydrogen-bond donors (Lipinski definition) is 1. The number of carbonyl (C=O) groups excluding carboxylic acids is 1. The van der Waals surface area contributed by atoms with Crippen LogP contribution in [0.4, 0.5) is 10.5 Å². The van der Waals surface area contributed by atoms with Crippen LogP contribution in [0.1, 0.15) is 29.1 Å². The van der Waals surface area contributed by atoms with Gasteiger partial charge in [-0.1, -0.05) is 6.42 Å². The number of methoxy groups -OCH3 is 1. The Hall–Kier alpha value is -2.17. The molecule has 8 nitrogen and oxygen atoms in total. The van der Waals surface area contributed by atoms with Gasteiger partial charge in [-0.05, 0) is 38.0 Å². The minimum Gasteiger partial charge on any atom is -0.495 e. The van der Waals surface area contributed by atoms with E-state index >= 15 is 0 Å². The van der Waals surface area contributed by atoms with Gasteiger partial charge in [0.2, 0.25) is 10.0 Å². The van der Waals surface area contributed by atoms with E-state index in [1.807, 2.05) is 6.92 Å². The first kappa shape index (κ1) is 21.5. The Balaban J connectivity index is 1.78. The molecule has 1 aliphatic rings. The molecule has 29 heavy (non-hydrogen) atoms. The minimum atomic E-state index is -3.69. The molecule has 0 aliphatic carbocycles. The molecule has 0 saturated carbocycles. The largest absolute Gasteiger partial charge is 0.495 e. The fraction of sp³-hybridized carbons (Fsp3) is 0.474. The van der Waals surface area contributed by atoms with Crippen molar-refractivity contribution in [3.63, 3.8) is 0 Å². The molecule has 2 aromatic rings. The van der Waals surface area contributed by atoms with E-state index in [9.17, 15) is 13.2 Å². The molecule has 0 bridgehead atoms. The lowest BCUT2D eigenvalue weighted by Gasteiger charge is -2.26. The molecule has 1 fully saturated rings. The summed E-state index contributed by atoms with van der Waals surface area (Å²) in [5.41, 5.74) is 0.402. The van der Waals surface area contributed by atoms with Crippen molar-refractivity contribution >= 4 is 33.1 Å². The van der Waals surface area contributed by atoms with E-state index < -0.39 is 10.0 Å². The fourth-order valence-electron chi connectivity index (χ4n) is 3.20. The third-order valence-corrected chi connectivity index (χ3v) is 7.57. The number of ether oxygens (including phenoxy) is 1. The topological polar surface area (TPSA) is 91.8 Å². The number of rotatable bonds is 6. The Morgan fingerprint density at radius 2 is 2.03 bits per heavy atom. The van der Waals surface area contributed by atoms with Gasteiger partial charge in [0.05, 0.1) is 18.7 Å². The molecule has 0 atom stereocenters. The van der Waals surface area contributed by atoms with Gasteiger partial charge in [-0.25, -0.2) is 18.2 Å². The highest BCUT2D eigenvalue weighted by molar-refractivity contribution is 7.89. The number of aromatic nitrogens is 1. The summed E-state index contributed by atoms with van der Waals surface area (Å²) in [5, 5.41) is 3.71. The number of nitrogens with one attached hydrogen (secondary N) is 1. The molecule has 0 unspecified atom stereocenters. The van der Waals surface area contributed by atoms with Crippen LogP contribution in [0.25, 0.3) is 0 Å². The van der Waals surface area contributed by atoms with Gasteiger partial charge in [0.15, 0.2) is 0 Å². The molecular formula is C19H26N4O4S2. The number of hydrogen-bond acceptors (Lipinski definition) is 6. The lowest BCUT2D eigenvalue weighted by atomic mass is 10.2. The number of sulfonamides is 1. The quantitative estimate of drug-likeness (QED) is 0.747. The molecular weight excluding hydrogens is 412 g/mol. The van der Waals surface area contributed by atoms with Gasteiger partial charge in [0, 0.05) is 36.9 Å². The molecule has 3 rings (SSSR count). The lowest BCUT2D eigenvalue weighted by molar-refractivity contribution is 0.221. The normalized spacial score (nSPS) is 15.1. The van der Waals surface area contributed by atoms with Crippen molar-refractivity contribution in [2.45, 2.75) is 37.6 Å².